The SMILES string of the molecule is O=C(Nc1ccccc1)Nc1ccc(NCc2cc(O)cc(C(=O)O)c2)cc1. The van der Waals surface area contributed by atoms with Crippen LogP contribution in [0.5, 0.6) is 5.75 Å². The van der Waals surface area contributed by atoms with E-state index in [1.165, 1.54) is 18.2 Å². The summed E-state index contributed by atoms with van der Waals surface area (Å²) in [4.78, 5) is 23.0. The molecule has 142 valence electrons. The topological polar surface area (TPSA) is 111 Å². The fraction of sp³-hybridized carbons (Fsp3) is 0.0476. The molecule has 0 spiro atoms. The van der Waals surface area contributed by atoms with Crippen molar-refractivity contribution in [2.24, 2.45) is 0 Å². The Balaban J connectivity index is 1.56. The van der Waals surface area contributed by atoms with Crippen molar-refractivity contribution in [2.75, 3.05) is 16.0 Å². The van der Waals surface area contributed by atoms with Crippen LogP contribution in [0.3, 0.4) is 0 Å². The van der Waals surface area contributed by atoms with Crippen molar-refractivity contribution >= 4 is 29.1 Å². The number of hydrogen-bond donors (Lipinski definition) is 5. The first-order valence-corrected chi connectivity index (χ1v) is 8.53. The summed E-state index contributed by atoms with van der Waals surface area (Å²) in [7, 11) is 0. The second-order valence-electron chi connectivity index (χ2n) is 6.07. The molecular formula is C21H19N3O4. The molecule has 28 heavy (non-hydrogen) atoms. The lowest BCUT2D eigenvalue weighted by Gasteiger charge is -2.10. The zero-order valence-corrected chi connectivity index (χ0v) is 14.8. The summed E-state index contributed by atoms with van der Waals surface area (Å²) >= 11 is 0. The molecule has 0 fully saturated rings. The summed E-state index contributed by atoms with van der Waals surface area (Å²) in [5, 5.41) is 27.3. The van der Waals surface area contributed by atoms with Crippen molar-refractivity contribution in [3.63, 3.8) is 0 Å². The van der Waals surface area contributed by atoms with Crippen LogP contribution in [0.2, 0.25) is 0 Å². The number of phenolic OH excluding ortho intramolecular Hbond substituents is 1. The van der Waals surface area contributed by atoms with E-state index in [0.29, 0.717) is 23.5 Å². The highest BCUT2D eigenvalue weighted by Crippen LogP contribution is 2.19. The van der Waals surface area contributed by atoms with E-state index < -0.39 is 5.97 Å². The molecule has 5 N–H and O–H groups in total. The van der Waals surface area contributed by atoms with E-state index in [0.717, 1.165) is 5.69 Å². The number of benzene rings is 3. The van der Waals surface area contributed by atoms with E-state index in [4.69, 9.17) is 5.11 Å². The van der Waals surface area contributed by atoms with Crippen molar-refractivity contribution in [3.8, 4) is 5.75 Å². The van der Waals surface area contributed by atoms with Crippen molar-refractivity contribution in [1.29, 1.82) is 0 Å². The van der Waals surface area contributed by atoms with Gasteiger partial charge < -0.3 is 26.2 Å². The lowest BCUT2D eigenvalue weighted by Crippen LogP contribution is -2.19. The molecule has 0 aromatic heterocycles. The molecule has 0 atom stereocenters. The first-order valence-electron chi connectivity index (χ1n) is 8.53. The molecule has 0 aliphatic rings. The van der Waals surface area contributed by atoms with Gasteiger partial charge in [0.2, 0.25) is 0 Å². The molecule has 0 saturated carbocycles. The number of carbonyl (C=O) groups is 2. The Morgan fingerprint density at radius 2 is 1.39 bits per heavy atom. The average molecular weight is 377 g/mol. The smallest absolute Gasteiger partial charge is 0.335 e. The van der Waals surface area contributed by atoms with Gasteiger partial charge in [-0.25, -0.2) is 9.59 Å². The summed E-state index contributed by atoms with van der Waals surface area (Å²) in [5.74, 6) is -1.19. The Hall–Kier alpha value is -4.00. The molecule has 0 bridgehead atoms. The van der Waals surface area contributed by atoms with Crippen molar-refractivity contribution < 1.29 is 19.8 Å². The van der Waals surface area contributed by atoms with E-state index in [-0.39, 0.29) is 17.3 Å². The number of phenols is 1. The number of carboxylic acid groups (broad SMARTS) is 1. The molecule has 0 radical (unpaired) electrons. The van der Waals surface area contributed by atoms with Crippen molar-refractivity contribution in [3.05, 3.63) is 83.9 Å². The van der Waals surface area contributed by atoms with Gasteiger partial charge in [0.1, 0.15) is 5.75 Å². The molecule has 0 heterocycles. The maximum absolute atomic E-state index is 12.0. The highest BCUT2D eigenvalue weighted by atomic mass is 16.4. The van der Waals surface area contributed by atoms with Gasteiger partial charge in [0, 0.05) is 23.6 Å². The predicted molar refractivity (Wildman–Crippen MR) is 108 cm³/mol. The number of aromatic hydroxyl groups is 1. The van der Waals surface area contributed by atoms with Gasteiger partial charge in [-0.3, -0.25) is 0 Å². The third-order valence-electron chi connectivity index (χ3n) is 3.90. The first-order chi connectivity index (χ1) is 13.5. The lowest BCUT2D eigenvalue weighted by molar-refractivity contribution is 0.0696. The zero-order chi connectivity index (χ0) is 19.9. The van der Waals surface area contributed by atoms with Gasteiger partial charge in [-0.2, -0.15) is 0 Å². The Morgan fingerprint density at radius 1 is 0.786 bits per heavy atom. The second-order valence-corrected chi connectivity index (χ2v) is 6.07. The van der Waals surface area contributed by atoms with Crippen LogP contribution in [0.25, 0.3) is 0 Å². The molecule has 3 rings (SSSR count). The number of anilines is 3. The highest BCUT2D eigenvalue weighted by molar-refractivity contribution is 5.99. The van der Waals surface area contributed by atoms with Gasteiger partial charge in [0.05, 0.1) is 5.56 Å². The normalized spacial score (nSPS) is 10.1. The van der Waals surface area contributed by atoms with Gasteiger partial charge in [-0.05, 0) is 60.2 Å². The Bertz CT molecular complexity index is 973. The number of aromatic carboxylic acids is 1. The number of nitrogens with one attached hydrogen (secondary N) is 3. The summed E-state index contributed by atoms with van der Waals surface area (Å²) < 4.78 is 0. The summed E-state index contributed by atoms with van der Waals surface area (Å²) in [5.41, 5.74) is 2.78. The standard InChI is InChI=1S/C21H19N3O4/c25-19-11-14(10-15(12-19)20(26)27)13-22-16-6-8-18(9-7-16)24-21(28)23-17-4-2-1-3-5-17/h1-12,22,25H,13H2,(H,26,27)(H2,23,24,28). The van der Waals surface area contributed by atoms with Gasteiger partial charge in [0.15, 0.2) is 0 Å². The molecule has 2 amide bonds. The number of hydrogen-bond acceptors (Lipinski definition) is 4. The Kier molecular flexibility index (Phi) is 5.76. The molecule has 7 heteroatoms. The van der Waals surface area contributed by atoms with Crippen LogP contribution >= 0.6 is 0 Å². The van der Waals surface area contributed by atoms with Gasteiger partial charge in [0.25, 0.3) is 0 Å². The molecule has 0 aliphatic carbocycles. The molecule has 3 aromatic rings. The molecule has 7 nitrogen and oxygen atoms in total. The minimum atomic E-state index is -1.10. The fourth-order valence-electron chi connectivity index (χ4n) is 2.59. The number of amides is 2. The van der Waals surface area contributed by atoms with Crippen molar-refractivity contribution in [1.82, 2.24) is 0 Å². The van der Waals surface area contributed by atoms with Gasteiger partial charge >= 0.3 is 12.0 Å². The van der Waals surface area contributed by atoms with E-state index >= 15 is 0 Å². The van der Waals surface area contributed by atoms with Crippen LogP contribution in [0, 0.1) is 0 Å². The highest BCUT2D eigenvalue weighted by Gasteiger charge is 2.07. The Morgan fingerprint density at radius 3 is 2.04 bits per heavy atom. The van der Waals surface area contributed by atoms with Gasteiger partial charge in [-0.15, -0.1) is 0 Å². The van der Waals surface area contributed by atoms with Crippen molar-refractivity contribution in [2.45, 2.75) is 6.54 Å². The molecule has 0 aliphatic heterocycles. The molecule has 3 aromatic carbocycles. The van der Waals surface area contributed by atoms with E-state index in [2.05, 4.69) is 16.0 Å². The van der Waals surface area contributed by atoms with Crippen LogP contribution in [0.4, 0.5) is 21.9 Å². The maximum Gasteiger partial charge on any atom is 0.335 e. The van der Waals surface area contributed by atoms with Crippen LogP contribution in [-0.4, -0.2) is 22.2 Å². The third kappa shape index (κ3) is 5.25. The minimum absolute atomic E-state index is 0.0285. The lowest BCUT2D eigenvalue weighted by atomic mass is 10.1. The monoisotopic (exact) mass is 377 g/mol. The van der Waals surface area contributed by atoms with Crippen LogP contribution < -0.4 is 16.0 Å². The zero-order valence-electron chi connectivity index (χ0n) is 14.8. The number of para-hydroxylation sites is 1. The van der Waals surface area contributed by atoms with Crippen LogP contribution in [0.15, 0.2) is 72.8 Å². The number of carbonyl (C=O) groups excluding carboxylic acids is 1. The van der Waals surface area contributed by atoms with Gasteiger partial charge in [-0.1, -0.05) is 18.2 Å². The van der Waals surface area contributed by atoms with E-state index in [1.807, 2.05) is 18.2 Å². The summed E-state index contributed by atoms with van der Waals surface area (Å²) in [6.07, 6.45) is 0. The second kappa shape index (κ2) is 8.59. The van der Waals surface area contributed by atoms with E-state index in [1.54, 1.807) is 36.4 Å². The largest absolute Gasteiger partial charge is 0.508 e. The predicted octanol–water partition coefficient (Wildman–Crippen LogP) is 4.35. The number of rotatable bonds is 6. The minimum Gasteiger partial charge on any atom is -0.508 e. The third-order valence-corrected chi connectivity index (χ3v) is 3.90. The Labute approximate surface area is 161 Å². The molecular weight excluding hydrogens is 358 g/mol. The average Bonchev–Trinajstić information content (AvgIpc) is 2.68. The first kappa shape index (κ1) is 18.8. The quantitative estimate of drug-likeness (QED) is 0.439. The number of urea groups is 1. The number of carboxylic acids is 1. The molecule has 0 unspecified atom stereocenters. The summed E-state index contributed by atoms with van der Waals surface area (Å²) in [6.45, 7) is 0.343. The van der Waals surface area contributed by atoms with E-state index in [9.17, 15) is 14.7 Å². The molecule has 0 saturated heterocycles. The fourth-order valence-corrected chi connectivity index (χ4v) is 2.59. The summed E-state index contributed by atoms with van der Waals surface area (Å²) in [6, 6.07) is 20.1. The maximum atomic E-state index is 12.0. The van der Waals surface area contributed by atoms with Crippen LogP contribution in [-0.2, 0) is 6.54 Å². The van der Waals surface area contributed by atoms with Crippen LogP contribution in [0.1, 0.15) is 15.9 Å².